The van der Waals surface area contributed by atoms with Crippen molar-refractivity contribution < 1.29 is 33.3 Å². The summed E-state index contributed by atoms with van der Waals surface area (Å²) in [5, 5.41) is 7.40. The van der Waals surface area contributed by atoms with E-state index in [1.54, 1.807) is 55.5 Å². The SMILES string of the molecule is CCCCOc1ccc2c(C[C@H](NC)C(=O)OCC)c(SC[C@H](NC(=O)OC(C)(C)C)C(=O)OC(C)(C)C)[nH]c2c1. The Bertz CT molecular complexity index is 1170. The molecule has 0 spiro atoms. The molecule has 0 saturated heterocycles. The summed E-state index contributed by atoms with van der Waals surface area (Å²) in [6, 6.07) is 4.26. The molecule has 0 aliphatic carbocycles. The Morgan fingerprint density at radius 3 is 2.24 bits per heavy atom. The highest BCUT2D eigenvalue weighted by molar-refractivity contribution is 7.99. The van der Waals surface area contributed by atoms with Gasteiger partial charge in [0.15, 0.2) is 0 Å². The van der Waals surface area contributed by atoms with Gasteiger partial charge >= 0.3 is 18.0 Å². The van der Waals surface area contributed by atoms with Gasteiger partial charge in [0.1, 0.15) is 29.0 Å². The van der Waals surface area contributed by atoms with Crippen molar-refractivity contribution in [1.29, 1.82) is 0 Å². The van der Waals surface area contributed by atoms with Gasteiger partial charge < -0.3 is 34.6 Å². The lowest BCUT2D eigenvalue weighted by Gasteiger charge is -2.26. The summed E-state index contributed by atoms with van der Waals surface area (Å²) in [5.74, 6) is -0.0147. The van der Waals surface area contributed by atoms with E-state index in [4.69, 9.17) is 18.9 Å². The molecule has 0 bridgehead atoms. The summed E-state index contributed by atoms with van der Waals surface area (Å²) in [5.41, 5.74) is 0.254. The van der Waals surface area contributed by atoms with Gasteiger partial charge in [-0.1, -0.05) is 13.3 Å². The first-order valence-corrected chi connectivity index (χ1v) is 15.1. The Morgan fingerprint density at radius 1 is 0.976 bits per heavy atom. The molecule has 1 aromatic carbocycles. The van der Waals surface area contributed by atoms with Crippen LogP contribution in [0.1, 0.15) is 73.8 Å². The van der Waals surface area contributed by atoms with E-state index in [2.05, 4.69) is 22.5 Å². The number of carbonyl (C=O) groups excluding carboxylic acids is 3. The molecule has 1 heterocycles. The summed E-state index contributed by atoms with van der Waals surface area (Å²) in [6.07, 6.45) is 1.63. The predicted molar refractivity (Wildman–Crippen MR) is 162 cm³/mol. The molecule has 0 fully saturated rings. The van der Waals surface area contributed by atoms with Gasteiger partial charge in [0.25, 0.3) is 0 Å². The van der Waals surface area contributed by atoms with Crippen molar-refractivity contribution in [1.82, 2.24) is 15.6 Å². The minimum absolute atomic E-state index is 0.164. The standard InChI is InChI=1S/C30H47N3O7S/c1-10-12-15-38-19-13-14-20-21(17-23(31-9)26(34)37-11-2)25(32-22(20)16-19)41-18-24(27(35)39-29(3,4)5)33-28(36)40-30(6,7)8/h13-14,16,23-24,31-32H,10-12,15,17-18H2,1-9H3,(H,33,36)/t23-,24-/m0/s1. The lowest BCUT2D eigenvalue weighted by molar-refractivity contribution is -0.156. The zero-order chi connectivity index (χ0) is 30.8. The van der Waals surface area contributed by atoms with Gasteiger partial charge in [-0.15, -0.1) is 11.8 Å². The summed E-state index contributed by atoms with van der Waals surface area (Å²) < 4.78 is 22.2. The lowest BCUT2D eigenvalue weighted by atomic mass is 10.0. The Morgan fingerprint density at radius 2 is 1.66 bits per heavy atom. The van der Waals surface area contributed by atoms with Gasteiger partial charge in [-0.3, -0.25) is 4.79 Å². The quantitative estimate of drug-likeness (QED) is 0.115. The zero-order valence-electron chi connectivity index (χ0n) is 25.9. The maximum absolute atomic E-state index is 13.1. The smallest absolute Gasteiger partial charge is 0.408 e. The van der Waals surface area contributed by atoms with Crippen LogP contribution in [0.5, 0.6) is 5.75 Å². The third-order valence-corrected chi connectivity index (χ3v) is 6.85. The van der Waals surface area contributed by atoms with Crippen LogP contribution in [0, 0.1) is 0 Å². The number of hydrogen-bond donors (Lipinski definition) is 3. The van der Waals surface area contributed by atoms with Crippen LogP contribution in [0.2, 0.25) is 0 Å². The number of thioether (sulfide) groups is 1. The van der Waals surface area contributed by atoms with E-state index in [9.17, 15) is 14.4 Å². The van der Waals surface area contributed by atoms with Crippen LogP contribution in [0.25, 0.3) is 10.9 Å². The Kier molecular flexibility index (Phi) is 12.8. The van der Waals surface area contributed by atoms with E-state index in [-0.39, 0.29) is 18.3 Å². The van der Waals surface area contributed by atoms with Crippen molar-refractivity contribution in [2.24, 2.45) is 0 Å². The molecule has 230 valence electrons. The molecule has 1 aromatic heterocycles. The fourth-order valence-corrected chi connectivity index (χ4v) is 4.97. The molecule has 1 amide bonds. The highest BCUT2D eigenvalue weighted by atomic mass is 32.2. The summed E-state index contributed by atoms with van der Waals surface area (Å²) in [4.78, 5) is 41.7. The topological polar surface area (TPSA) is 128 Å². The molecule has 2 aromatic rings. The van der Waals surface area contributed by atoms with E-state index in [1.165, 1.54) is 11.8 Å². The fourth-order valence-electron chi connectivity index (χ4n) is 3.87. The van der Waals surface area contributed by atoms with Crippen LogP contribution in [0.15, 0.2) is 23.2 Å². The number of hydrogen-bond acceptors (Lipinski definition) is 9. The minimum Gasteiger partial charge on any atom is -0.494 e. The molecule has 0 radical (unpaired) electrons. The molecule has 0 unspecified atom stereocenters. The number of carbonyl (C=O) groups is 3. The van der Waals surface area contributed by atoms with E-state index >= 15 is 0 Å². The molecule has 0 aliphatic rings. The number of aromatic amines is 1. The first-order valence-electron chi connectivity index (χ1n) is 14.1. The number of aromatic nitrogens is 1. The maximum Gasteiger partial charge on any atom is 0.408 e. The second-order valence-electron chi connectivity index (χ2n) is 11.7. The van der Waals surface area contributed by atoms with Crippen LogP contribution in [0.3, 0.4) is 0 Å². The van der Waals surface area contributed by atoms with E-state index in [0.717, 1.165) is 40.1 Å². The average Bonchev–Trinajstić information content (AvgIpc) is 3.19. The second-order valence-corrected chi connectivity index (χ2v) is 12.7. The first kappa shape index (κ1) is 34.3. The number of alkyl carbamates (subject to hydrolysis) is 1. The average molecular weight is 594 g/mol. The molecular weight excluding hydrogens is 546 g/mol. The number of nitrogens with one attached hydrogen (secondary N) is 3. The van der Waals surface area contributed by atoms with Gasteiger partial charge in [0, 0.05) is 23.6 Å². The number of benzene rings is 1. The molecule has 2 atom stereocenters. The van der Waals surface area contributed by atoms with Crippen LogP contribution in [-0.4, -0.2) is 72.3 Å². The first-order chi connectivity index (χ1) is 19.2. The fraction of sp³-hybridized carbons (Fsp3) is 0.633. The van der Waals surface area contributed by atoms with Gasteiger partial charge in [-0.25, -0.2) is 9.59 Å². The van der Waals surface area contributed by atoms with E-state index < -0.39 is 35.3 Å². The third-order valence-electron chi connectivity index (χ3n) is 5.71. The normalized spacial score (nSPS) is 13.4. The number of likely N-dealkylation sites (N-methyl/N-ethyl adjacent to an activating group) is 1. The van der Waals surface area contributed by atoms with Crippen molar-refractivity contribution >= 4 is 40.7 Å². The van der Waals surface area contributed by atoms with Crippen LogP contribution in [-0.2, 0) is 30.2 Å². The van der Waals surface area contributed by atoms with E-state index in [1.807, 2.05) is 18.2 Å². The number of amides is 1. The zero-order valence-corrected chi connectivity index (χ0v) is 26.7. The highest BCUT2D eigenvalue weighted by Crippen LogP contribution is 2.33. The van der Waals surface area contributed by atoms with Crippen LogP contribution >= 0.6 is 11.8 Å². The molecule has 10 nitrogen and oxygen atoms in total. The molecule has 3 N–H and O–H groups in total. The van der Waals surface area contributed by atoms with Crippen molar-refractivity contribution in [3.05, 3.63) is 23.8 Å². The number of esters is 2. The lowest BCUT2D eigenvalue weighted by Crippen LogP contribution is -2.47. The predicted octanol–water partition coefficient (Wildman–Crippen LogP) is 5.37. The van der Waals surface area contributed by atoms with Crippen molar-refractivity contribution in [3.63, 3.8) is 0 Å². The molecule has 2 rings (SSSR count). The molecule has 11 heteroatoms. The second kappa shape index (κ2) is 15.3. The summed E-state index contributed by atoms with van der Waals surface area (Å²) >= 11 is 1.35. The minimum atomic E-state index is -0.980. The van der Waals surface area contributed by atoms with Crippen molar-refractivity contribution in [3.8, 4) is 5.75 Å². The Balaban J connectivity index is 2.42. The number of rotatable bonds is 14. The Hall–Kier alpha value is -2.92. The van der Waals surface area contributed by atoms with Gasteiger partial charge in [-0.2, -0.15) is 0 Å². The third kappa shape index (κ3) is 11.5. The summed E-state index contributed by atoms with van der Waals surface area (Å²) in [7, 11) is 1.71. The largest absolute Gasteiger partial charge is 0.494 e. The van der Waals surface area contributed by atoms with Gasteiger partial charge in [-0.05, 0) is 79.6 Å². The monoisotopic (exact) mass is 593 g/mol. The summed E-state index contributed by atoms with van der Waals surface area (Å²) in [6.45, 7) is 15.3. The molecule has 0 aliphatic heterocycles. The molecule has 41 heavy (non-hydrogen) atoms. The van der Waals surface area contributed by atoms with Crippen LogP contribution < -0.4 is 15.4 Å². The molecular formula is C30H47N3O7S. The number of fused-ring (bicyclic) bond motifs is 1. The number of ether oxygens (including phenoxy) is 4. The van der Waals surface area contributed by atoms with Crippen LogP contribution in [0.4, 0.5) is 4.79 Å². The highest BCUT2D eigenvalue weighted by Gasteiger charge is 2.30. The Labute approximate surface area is 248 Å². The van der Waals surface area contributed by atoms with Gasteiger partial charge in [0.05, 0.1) is 23.8 Å². The number of unbranched alkanes of at least 4 members (excludes halogenated alkanes) is 1. The van der Waals surface area contributed by atoms with Crippen molar-refractivity contribution in [2.75, 3.05) is 26.0 Å². The van der Waals surface area contributed by atoms with Gasteiger partial charge in [0.2, 0.25) is 0 Å². The van der Waals surface area contributed by atoms with Crippen molar-refractivity contribution in [2.45, 2.75) is 103 Å². The van der Waals surface area contributed by atoms with E-state index in [0.29, 0.717) is 13.0 Å². The molecule has 0 saturated carbocycles. The maximum atomic E-state index is 13.1. The number of H-pyrrole nitrogens is 1.